The van der Waals surface area contributed by atoms with Crippen LogP contribution in [0.3, 0.4) is 0 Å². The van der Waals surface area contributed by atoms with Gasteiger partial charge in [0.2, 0.25) is 0 Å². The lowest BCUT2D eigenvalue weighted by atomic mass is 9.73. The van der Waals surface area contributed by atoms with Crippen LogP contribution in [0.15, 0.2) is 29.8 Å². The van der Waals surface area contributed by atoms with Gasteiger partial charge in [-0.3, -0.25) is 9.67 Å². The predicted octanol–water partition coefficient (Wildman–Crippen LogP) is 4.16. The highest BCUT2D eigenvalue weighted by atomic mass is 32.2. The zero-order valence-electron chi connectivity index (χ0n) is 20.4. The highest BCUT2D eigenvalue weighted by Crippen LogP contribution is 2.43. The van der Waals surface area contributed by atoms with Crippen LogP contribution < -0.4 is 0 Å². The zero-order valence-corrected chi connectivity index (χ0v) is 21.2. The number of aromatic nitrogens is 3. The maximum atomic E-state index is 15.0. The molecule has 1 saturated heterocycles. The molecule has 1 aromatic heterocycles. The Bertz CT molecular complexity index is 816. The van der Waals surface area contributed by atoms with Crippen molar-refractivity contribution in [2.45, 2.75) is 99.2 Å². The molecule has 0 spiro atoms. The minimum atomic E-state index is -1.41. The second-order valence-electron chi connectivity index (χ2n) is 10.2. The molecular weight excluding hydrogens is 474 g/mol. The molecule has 1 N–H and O–H groups in total. The number of rotatable bonds is 9. The number of hydrogen-bond donors (Lipinski definition) is 1. The van der Waals surface area contributed by atoms with Crippen LogP contribution in [0.25, 0.3) is 0 Å². The number of halogens is 2. The van der Waals surface area contributed by atoms with Gasteiger partial charge in [-0.25, -0.2) is 13.8 Å². The van der Waals surface area contributed by atoms with Crippen molar-refractivity contribution in [3.8, 4) is 0 Å². The standard InChI is InChI=1S/C25H38F2N4O3S/c1-17(25(32,14-31-16-29-15-30-31)22-9-6-19(26)11-23(22)27)35-21-12-33-24(34-13-21)10-5-18-3-7-20(28-2)8-4-18/h5,10,15-24,32H,2-4,6-9,11-14H2,1H3/b10-5+. The SMILES string of the molecule is C=NC1CCC(/C=C/C2OCC(SC(C)C(O)(Cn3cncn3)C3CCC(F)CC3F)CO2)CC1. The Morgan fingerprint density at radius 2 is 1.94 bits per heavy atom. The molecule has 1 aliphatic heterocycles. The summed E-state index contributed by atoms with van der Waals surface area (Å²) in [6.45, 7) is 6.62. The fraction of sp³-hybridized carbons (Fsp3) is 0.800. The highest BCUT2D eigenvalue weighted by molar-refractivity contribution is 8.00. The van der Waals surface area contributed by atoms with Gasteiger partial charge in [0.1, 0.15) is 30.6 Å². The summed E-state index contributed by atoms with van der Waals surface area (Å²) in [4.78, 5) is 8.10. The van der Waals surface area contributed by atoms with E-state index >= 15 is 0 Å². The van der Waals surface area contributed by atoms with Crippen LogP contribution in [0, 0.1) is 11.8 Å². The highest BCUT2D eigenvalue weighted by Gasteiger charge is 2.49. The average Bonchev–Trinajstić information content (AvgIpc) is 3.36. The van der Waals surface area contributed by atoms with Gasteiger partial charge in [0, 0.05) is 23.6 Å². The van der Waals surface area contributed by atoms with Crippen molar-refractivity contribution < 1.29 is 23.4 Å². The molecule has 3 aliphatic rings. The summed E-state index contributed by atoms with van der Waals surface area (Å²) >= 11 is 1.53. The van der Waals surface area contributed by atoms with E-state index in [9.17, 15) is 13.9 Å². The lowest BCUT2D eigenvalue weighted by molar-refractivity contribution is -0.147. The Labute approximate surface area is 210 Å². The van der Waals surface area contributed by atoms with Gasteiger partial charge in [-0.2, -0.15) is 5.10 Å². The van der Waals surface area contributed by atoms with Crippen molar-refractivity contribution in [1.82, 2.24) is 14.8 Å². The van der Waals surface area contributed by atoms with Crippen LogP contribution in [-0.2, 0) is 16.0 Å². The summed E-state index contributed by atoms with van der Waals surface area (Å²) in [6, 6.07) is 0.393. The number of hydrogen-bond acceptors (Lipinski definition) is 7. The van der Waals surface area contributed by atoms with Crippen LogP contribution in [0.5, 0.6) is 0 Å². The van der Waals surface area contributed by atoms with Gasteiger partial charge in [-0.05, 0) is 57.2 Å². The van der Waals surface area contributed by atoms with Crippen molar-refractivity contribution in [2.75, 3.05) is 13.2 Å². The molecule has 0 bridgehead atoms. The van der Waals surface area contributed by atoms with Crippen molar-refractivity contribution in [3.63, 3.8) is 0 Å². The van der Waals surface area contributed by atoms with Gasteiger partial charge in [-0.15, -0.1) is 11.8 Å². The maximum Gasteiger partial charge on any atom is 0.176 e. The summed E-state index contributed by atoms with van der Waals surface area (Å²) in [5.41, 5.74) is -1.41. The van der Waals surface area contributed by atoms with Gasteiger partial charge in [0.15, 0.2) is 6.29 Å². The lowest BCUT2D eigenvalue weighted by Gasteiger charge is -2.45. The second-order valence-corrected chi connectivity index (χ2v) is 11.8. The monoisotopic (exact) mass is 512 g/mol. The average molecular weight is 513 g/mol. The third-order valence-corrected chi connectivity index (χ3v) is 9.24. The third kappa shape index (κ3) is 6.90. The number of allylic oxidation sites excluding steroid dienone is 1. The minimum absolute atomic E-state index is 0.00148. The summed E-state index contributed by atoms with van der Waals surface area (Å²) in [5.74, 6) is -0.152. The second kappa shape index (κ2) is 12.3. The summed E-state index contributed by atoms with van der Waals surface area (Å²) in [6.07, 6.45) is 8.92. The fourth-order valence-corrected chi connectivity index (χ4v) is 6.95. The number of nitrogens with zero attached hydrogens (tertiary/aromatic N) is 4. The van der Waals surface area contributed by atoms with E-state index in [4.69, 9.17) is 9.47 Å². The van der Waals surface area contributed by atoms with Crippen LogP contribution in [0.2, 0.25) is 0 Å². The van der Waals surface area contributed by atoms with E-state index < -0.39 is 23.9 Å². The molecule has 35 heavy (non-hydrogen) atoms. The topological polar surface area (TPSA) is 81.8 Å². The zero-order chi connectivity index (χ0) is 24.8. The Morgan fingerprint density at radius 1 is 1.20 bits per heavy atom. The molecule has 2 heterocycles. The molecule has 2 aliphatic carbocycles. The van der Waals surface area contributed by atoms with Crippen LogP contribution in [0.4, 0.5) is 8.78 Å². The first-order valence-corrected chi connectivity index (χ1v) is 13.7. The van der Waals surface area contributed by atoms with E-state index in [2.05, 4.69) is 27.9 Å². The van der Waals surface area contributed by atoms with Crippen LogP contribution in [0.1, 0.15) is 51.9 Å². The summed E-state index contributed by atoms with van der Waals surface area (Å²) in [5, 5.41) is 15.6. The first-order valence-electron chi connectivity index (χ1n) is 12.7. The molecule has 0 aromatic carbocycles. The van der Waals surface area contributed by atoms with E-state index in [0.29, 0.717) is 31.6 Å². The van der Waals surface area contributed by atoms with E-state index in [0.717, 1.165) is 25.7 Å². The van der Waals surface area contributed by atoms with Gasteiger partial charge in [0.05, 0.1) is 25.0 Å². The molecule has 5 unspecified atom stereocenters. The molecule has 196 valence electrons. The smallest absolute Gasteiger partial charge is 0.176 e. The van der Waals surface area contributed by atoms with Crippen molar-refractivity contribution in [2.24, 2.45) is 16.8 Å². The molecule has 7 nitrogen and oxygen atoms in total. The summed E-state index contributed by atoms with van der Waals surface area (Å²) < 4.78 is 42.2. The van der Waals surface area contributed by atoms with Crippen molar-refractivity contribution in [1.29, 1.82) is 0 Å². The molecule has 3 fully saturated rings. The molecular formula is C25H38F2N4O3S. The van der Waals surface area contributed by atoms with E-state index in [1.165, 1.54) is 29.1 Å². The molecule has 0 amide bonds. The van der Waals surface area contributed by atoms with Gasteiger partial charge >= 0.3 is 0 Å². The number of thioether (sulfide) groups is 1. The number of alkyl halides is 2. The Balaban J connectivity index is 1.31. The van der Waals surface area contributed by atoms with Gasteiger partial charge < -0.3 is 14.6 Å². The Hall–Kier alpha value is -1.36. The number of ether oxygens (including phenoxy) is 2. The minimum Gasteiger partial charge on any atom is -0.386 e. The number of aliphatic imine (C=N–C) groups is 1. The third-order valence-electron chi connectivity index (χ3n) is 7.77. The largest absolute Gasteiger partial charge is 0.386 e. The van der Waals surface area contributed by atoms with E-state index in [-0.39, 0.29) is 36.2 Å². The predicted molar refractivity (Wildman–Crippen MR) is 133 cm³/mol. The quantitative estimate of drug-likeness (QED) is 0.395. The van der Waals surface area contributed by atoms with Crippen LogP contribution >= 0.6 is 11.8 Å². The van der Waals surface area contributed by atoms with Crippen molar-refractivity contribution >= 4 is 18.5 Å². The first-order chi connectivity index (χ1) is 16.9. The normalized spacial score (nSPS) is 37.1. The summed E-state index contributed by atoms with van der Waals surface area (Å²) in [7, 11) is 0. The molecule has 0 radical (unpaired) electrons. The first kappa shape index (κ1) is 26.7. The fourth-order valence-electron chi connectivity index (χ4n) is 5.57. The lowest BCUT2D eigenvalue weighted by Crippen LogP contribution is -2.55. The van der Waals surface area contributed by atoms with Crippen LogP contribution in [-0.4, -0.2) is 80.6 Å². The Morgan fingerprint density at radius 3 is 2.57 bits per heavy atom. The Kier molecular flexibility index (Phi) is 9.35. The van der Waals surface area contributed by atoms with E-state index in [1.54, 1.807) is 0 Å². The van der Waals surface area contributed by atoms with Gasteiger partial charge in [-0.1, -0.05) is 13.0 Å². The van der Waals surface area contributed by atoms with Gasteiger partial charge in [0.25, 0.3) is 0 Å². The molecule has 1 aromatic rings. The van der Waals surface area contributed by atoms with Crippen molar-refractivity contribution in [3.05, 3.63) is 24.8 Å². The molecule has 5 atom stereocenters. The molecule has 2 saturated carbocycles. The number of aliphatic hydroxyl groups is 1. The molecule has 4 rings (SSSR count). The maximum absolute atomic E-state index is 15.0. The van der Waals surface area contributed by atoms with E-state index in [1.807, 2.05) is 13.0 Å². The molecule has 10 heteroatoms.